The smallest absolute Gasteiger partial charge is 0.270 e. The van der Waals surface area contributed by atoms with E-state index in [2.05, 4.69) is 72.8 Å². The van der Waals surface area contributed by atoms with E-state index < -0.39 is 0 Å². The minimum Gasteiger partial charge on any atom is -0.366 e. The molecule has 3 heterocycles. The fourth-order valence-corrected chi connectivity index (χ4v) is 5.00. The topological polar surface area (TPSA) is 89.0 Å². The van der Waals surface area contributed by atoms with Crippen molar-refractivity contribution >= 4 is 16.7 Å². The molecule has 0 saturated carbocycles. The number of nitrogens with zero attached hydrogens (tertiary/aromatic N) is 6. The van der Waals surface area contributed by atoms with Gasteiger partial charge in [0.25, 0.3) is 5.56 Å². The van der Waals surface area contributed by atoms with Crippen LogP contribution in [0.4, 0.5) is 5.69 Å². The van der Waals surface area contributed by atoms with E-state index >= 15 is 0 Å². The molecule has 1 aliphatic rings. The second-order valence-electron chi connectivity index (χ2n) is 8.94. The maximum atomic E-state index is 13.0. The van der Waals surface area contributed by atoms with Gasteiger partial charge in [-0.2, -0.15) is 10.5 Å². The highest BCUT2D eigenvalue weighted by molar-refractivity contribution is 5.92. The van der Waals surface area contributed by atoms with Gasteiger partial charge in [0, 0.05) is 38.8 Å². The molecule has 0 spiro atoms. The number of hydrogen-bond donors (Lipinski definition) is 0. The first-order valence-corrected chi connectivity index (χ1v) is 11.2. The lowest BCUT2D eigenvalue weighted by Gasteiger charge is -2.44. The van der Waals surface area contributed by atoms with E-state index in [1.54, 1.807) is 19.2 Å². The zero-order valence-corrected chi connectivity index (χ0v) is 19.8. The first kappa shape index (κ1) is 22.5. The van der Waals surface area contributed by atoms with Crippen molar-refractivity contribution < 1.29 is 0 Å². The van der Waals surface area contributed by atoms with Gasteiger partial charge < -0.3 is 9.47 Å². The molecule has 4 rings (SSSR count). The number of aryl methyl sites for hydroxylation is 3. The van der Waals surface area contributed by atoms with Crippen LogP contribution in [-0.2, 0) is 7.05 Å². The molecule has 0 amide bonds. The van der Waals surface area contributed by atoms with Crippen molar-refractivity contribution in [1.82, 2.24) is 14.5 Å². The first-order chi connectivity index (χ1) is 15.8. The molecule has 1 unspecified atom stereocenters. The van der Waals surface area contributed by atoms with E-state index in [-0.39, 0.29) is 28.9 Å². The summed E-state index contributed by atoms with van der Waals surface area (Å²) in [6, 6.07) is 14.5. The number of fused-ring (bicyclic) bond motifs is 1. The summed E-state index contributed by atoms with van der Waals surface area (Å²) in [4.78, 5) is 22.0. The Bertz CT molecular complexity index is 1380. The summed E-state index contributed by atoms with van der Waals surface area (Å²) in [6.07, 6.45) is 0. The lowest BCUT2D eigenvalue weighted by atomic mass is 9.97. The van der Waals surface area contributed by atoms with Crippen LogP contribution >= 0.6 is 0 Å². The number of rotatable bonds is 3. The standard InChI is InChI=1S/C26H28N6O/c1-16-6-7-17(2)21(12-16)19(4)32-11-10-31(15-18(32)3)25-22(14-28)26(33)30(5)23-9-8-20(13-27)29-24(23)25/h6-9,12,18-19H,10-11,15H2,1-5H3/t18-,19?/m1/s1. The summed E-state index contributed by atoms with van der Waals surface area (Å²) in [5.41, 5.74) is 5.54. The molecular weight excluding hydrogens is 412 g/mol. The van der Waals surface area contributed by atoms with Gasteiger partial charge in [-0.1, -0.05) is 23.8 Å². The van der Waals surface area contributed by atoms with Crippen molar-refractivity contribution in [3.63, 3.8) is 0 Å². The Kier molecular flexibility index (Phi) is 5.93. The summed E-state index contributed by atoms with van der Waals surface area (Å²) >= 11 is 0. The van der Waals surface area contributed by atoms with Gasteiger partial charge in [0.2, 0.25) is 0 Å². The van der Waals surface area contributed by atoms with E-state index in [1.807, 2.05) is 0 Å². The van der Waals surface area contributed by atoms with E-state index in [0.717, 1.165) is 6.54 Å². The van der Waals surface area contributed by atoms with Crippen LogP contribution in [0.2, 0.25) is 0 Å². The molecule has 168 valence electrons. The lowest BCUT2D eigenvalue weighted by Crippen LogP contribution is -2.53. The Morgan fingerprint density at radius 3 is 2.55 bits per heavy atom. The maximum absolute atomic E-state index is 13.0. The summed E-state index contributed by atoms with van der Waals surface area (Å²) in [7, 11) is 1.63. The average Bonchev–Trinajstić information content (AvgIpc) is 2.81. The highest BCUT2D eigenvalue weighted by atomic mass is 16.1. The molecular formula is C26H28N6O. The zero-order valence-electron chi connectivity index (χ0n) is 19.8. The van der Waals surface area contributed by atoms with Gasteiger partial charge >= 0.3 is 0 Å². The van der Waals surface area contributed by atoms with Gasteiger partial charge in [-0.05, 0) is 51.0 Å². The molecule has 1 aliphatic heterocycles. The molecule has 7 nitrogen and oxygen atoms in total. The van der Waals surface area contributed by atoms with Crippen LogP contribution in [0.15, 0.2) is 35.1 Å². The Hall–Kier alpha value is -3.68. The second-order valence-corrected chi connectivity index (χ2v) is 8.94. The molecule has 2 atom stereocenters. The normalized spacial score (nSPS) is 17.5. The number of nitriles is 2. The molecule has 0 bridgehead atoms. The number of benzene rings is 1. The minimum absolute atomic E-state index is 0.0795. The molecule has 3 aromatic rings. The number of hydrogen-bond acceptors (Lipinski definition) is 6. The fraction of sp³-hybridized carbons (Fsp3) is 0.385. The quantitative estimate of drug-likeness (QED) is 0.619. The minimum atomic E-state index is -0.342. The van der Waals surface area contributed by atoms with Gasteiger partial charge in [-0.3, -0.25) is 9.69 Å². The van der Waals surface area contributed by atoms with Crippen molar-refractivity contribution in [2.75, 3.05) is 24.5 Å². The molecule has 1 saturated heterocycles. The van der Waals surface area contributed by atoms with Gasteiger partial charge in [0.15, 0.2) is 0 Å². The fourth-order valence-electron chi connectivity index (χ4n) is 5.00. The molecule has 0 aliphatic carbocycles. The van der Waals surface area contributed by atoms with E-state index in [9.17, 15) is 15.3 Å². The van der Waals surface area contributed by atoms with Gasteiger partial charge in [0.1, 0.15) is 28.9 Å². The van der Waals surface area contributed by atoms with Gasteiger partial charge in [-0.25, -0.2) is 4.98 Å². The predicted octanol–water partition coefficient (Wildman–Crippen LogP) is 3.57. The van der Waals surface area contributed by atoms with E-state index in [4.69, 9.17) is 0 Å². The maximum Gasteiger partial charge on any atom is 0.270 e. The van der Waals surface area contributed by atoms with Crippen LogP contribution in [0.5, 0.6) is 0 Å². The van der Waals surface area contributed by atoms with Crippen molar-refractivity contribution in [2.24, 2.45) is 7.05 Å². The zero-order chi connectivity index (χ0) is 23.9. The van der Waals surface area contributed by atoms with Crippen molar-refractivity contribution in [2.45, 2.75) is 39.8 Å². The van der Waals surface area contributed by atoms with E-state index in [1.165, 1.54) is 21.3 Å². The molecule has 1 aromatic carbocycles. The summed E-state index contributed by atoms with van der Waals surface area (Å²) < 4.78 is 1.44. The lowest BCUT2D eigenvalue weighted by molar-refractivity contribution is 0.138. The molecule has 33 heavy (non-hydrogen) atoms. The molecule has 0 N–H and O–H groups in total. The van der Waals surface area contributed by atoms with E-state index in [0.29, 0.717) is 29.8 Å². The number of pyridine rings is 2. The Morgan fingerprint density at radius 2 is 1.88 bits per heavy atom. The highest BCUT2D eigenvalue weighted by Gasteiger charge is 2.31. The third-order valence-corrected chi connectivity index (χ3v) is 6.82. The van der Waals surface area contributed by atoms with Crippen molar-refractivity contribution in [1.29, 1.82) is 10.5 Å². The first-order valence-electron chi connectivity index (χ1n) is 11.2. The molecule has 2 aromatic heterocycles. The summed E-state index contributed by atoms with van der Waals surface area (Å²) in [5, 5.41) is 19.2. The Balaban J connectivity index is 1.74. The van der Waals surface area contributed by atoms with Crippen LogP contribution in [0.3, 0.4) is 0 Å². The van der Waals surface area contributed by atoms with Crippen LogP contribution in [0.1, 0.15) is 47.8 Å². The Morgan fingerprint density at radius 1 is 1.12 bits per heavy atom. The van der Waals surface area contributed by atoms with Gasteiger partial charge in [0.05, 0.1) is 11.2 Å². The summed E-state index contributed by atoms with van der Waals surface area (Å²) in [5.74, 6) is 0. The number of anilines is 1. The average molecular weight is 441 g/mol. The summed E-state index contributed by atoms with van der Waals surface area (Å²) in [6.45, 7) is 10.8. The van der Waals surface area contributed by atoms with Crippen LogP contribution in [0.25, 0.3) is 11.0 Å². The van der Waals surface area contributed by atoms with Crippen LogP contribution < -0.4 is 10.5 Å². The third kappa shape index (κ3) is 3.86. The van der Waals surface area contributed by atoms with Crippen LogP contribution in [0, 0.1) is 36.5 Å². The van der Waals surface area contributed by atoms with Crippen molar-refractivity contribution in [3.05, 3.63) is 68.6 Å². The number of piperazine rings is 1. The number of aromatic nitrogens is 2. The molecule has 0 radical (unpaired) electrons. The predicted molar refractivity (Wildman–Crippen MR) is 129 cm³/mol. The Labute approximate surface area is 194 Å². The largest absolute Gasteiger partial charge is 0.366 e. The monoisotopic (exact) mass is 440 g/mol. The van der Waals surface area contributed by atoms with Crippen LogP contribution in [-0.4, -0.2) is 40.1 Å². The van der Waals surface area contributed by atoms with Gasteiger partial charge in [-0.15, -0.1) is 0 Å². The third-order valence-electron chi connectivity index (χ3n) is 6.82. The molecule has 7 heteroatoms. The van der Waals surface area contributed by atoms with Crippen molar-refractivity contribution in [3.8, 4) is 12.1 Å². The molecule has 1 fully saturated rings. The highest BCUT2D eigenvalue weighted by Crippen LogP contribution is 2.32. The SMILES string of the molecule is Cc1ccc(C)c(C(C)N2CCN(c3c(C#N)c(=O)n(C)c4ccc(C#N)nc34)C[C@H]2C)c1. The second kappa shape index (κ2) is 8.69.